The third kappa shape index (κ3) is 3.68. The second kappa shape index (κ2) is 7.20. The minimum Gasteiger partial charge on any atom is -0.367 e. The molecular formula is C20H16FN7O3. The summed E-state index contributed by atoms with van der Waals surface area (Å²) in [5.74, 6) is -1.08. The number of halogens is 1. The van der Waals surface area contributed by atoms with Gasteiger partial charge in [0.05, 0.1) is 11.8 Å². The summed E-state index contributed by atoms with van der Waals surface area (Å²) < 4.78 is 15.5. The van der Waals surface area contributed by atoms with Gasteiger partial charge in [-0.2, -0.15) is 9.61 Å². The van der Waals surface area contributed by atoms with Crippen molar-refractivity contribution in [2.24, 2.45) is 0 Å². The number of nitrogens with one attached hydrogen (secondary N) is 4. The monoisotopic (exact) mass is 421 g/mol. The zero-order valence-electron chi connectivity index (χ0n) is 16.0. The lowest BCUT2D eigenvalue weighted by Gasteiger charge is -2.11. The second-order valence-corrected chi connectivity index (χ2v) is 7.18. The molecule has 0 bridgehead atoms. The van der Waals surface area contributed by atoms with E-state index in [1.54, 1.807) is 12.1 Å². The molecule has 3 heterocycles. The van der Waals surface area contributed by atoms with Crippen LogP contribution in [0.15, 0.2) is 42.2 Å². The van der Waals surface area contributed by atoms with E-state index in [2.05, 4.69) is 31.3 Å². The number of hydrogen-bond donors (Lipinski definition) is 4. The van der Waals surface area contributed by atoms with Gasteiger partial charge in [-0.25, -0.2) is 14.2 Å². The molecule has 1 saturated heterocycles. The molecule has 0 atom stereocenters. The molecule has 4 amide bonds. The fourth-order valence-electron chi connectivity index (χ4n) is 3.15. The van der Waals surface area contributed by atoms with E-state index in [1.165, 1.54) is 35.0 Å². The van der Waals surface area contributed by atoms with E-state index in [0.29, 0.717) is 17.0 Å². The van der Waals surface area contributed by atoms with Crippen LogP contribution in [0.25, 0.3) is 11.7 Å². The first-order valence-corrected chi connectivity index (χ1v) is 9.53. The Bertz CT molecular complexity index is 1280. The summed E-state index contributed by atoms with van der Waals surface area (Å²) in [4.78, 5) is 40.2. The van der Waals surface area contributed by atoms with E-state index in [4.69, 9.17) is 0 Å². The molecule has 0 spiro atoms. The fourth-order valence-corrected chi connectivity index (χ4v) is 3.15. The van der Waals surface area contributed by atoms with Gasteiger partial charge >= 0.3 is 6.03 Å². The third-order valence-electron chi connectivity index (χ3n) is 4.81. The first-order valence-electron chi connectivity index (χ1n) is 9.53. The molecule has 1 aliphatic carbocycles. The lowest BCUT2D eigenvalue weighted by Crippen LogP contribution is -2.22. The highest BCUT2D eigenvalue weighted by molar-refractivity contribution is 6.14. The summed E-state index contributed by atoms with van der Waals surface area (Å²) in [5, 5.41) is 14.8. The van der Waals surface area contributed by atoms with Gasteiger partial charge in [-0.05, 0) is 31.1 Å². The largest absolute Gasteiger partial charge is 0.367 e. The van der Waals surface area contributed by atoms with Crippen molar-refractivity contribution in [3.8, 4) is 0 Å². The standard InChI is InChI=1S/C20H16FN7O3/c21-13-4-2-1-3-12(13)18(29)26-15-8-16(23-11-5-6-11)28-17(25-15)10(9-22-28)7-14-19(30)27-20(31)24-14/h1-4,7-9,11,23H,5-6H2,(H,25,26,29)(H2,24,27,30,31)/b14-7-. The number of nitrogens with zero attached hydrogens (tertiary/aromatic N) is 3. The lowest BCUT2D eigenvalue weighted by atomic mass is 10.2. The zero-order chi connectivity index (χ0) is 21.5. The predicted molar refractivity (Wildman–Crippen MR) is 109 cm³/mol. The van der Waals surface area contributed by atoms with Crippen LogP contribution >= 0.6 is 0 Å². The van der Waals surface area contributed by atoms with Crippen LogP contribution in [0.4, 0.5) is 20.8 Å². The van der Waals surface area contributed by atoms with Crippen LogP contribution in [-0.4, -0.2) is 38.5 Å². The maximum absolute atomic E-state index is 14.0. The Morgan fingerprint density at radius 1 is 1.23 bits per heavy atom. The summed E-state index contributed by atoms with van der Waals surface area (Å²) in [5.41, 5.74) is 0.741. The minimum absolute atomic E-state index is 0.0548. The van der Waals surface area contributed by atoms with Crippen molar-refractivity contribution in [2.45, 2.75) is 18.9 Å². The highest BCUT2D eigenvalue weighted by Gasteiger charge is 2.25. The third-order valence-corrected chi connectivity index (χ3v) is 4.81. The maximum Gasteiger partial charge on any atom is 0.326 e. The van der Waals surface area contributed by atoms with Crippen LogP contribution < -0.4 is 21.3 Å². The van der Waals surface area contributed by atoms with Gasteiger partial charge in [-0.1, -0.05) is 12.1 Å². The van der Waals surface area contributed by atoms with Crippen molar-refractivity contribution < 1.29 is 18.8 Å². The molecule has 5 rings (SSSR count). The van der Waals surface area contributed by atoms with Gasteiger partial charge in [0, 0.05) is 17.7 Å². The SMILES string of the molecule is O=C1NC(=O)/C(=C/c2cnn3c(NC4CC4)cc(NC(=O)c4ccccc4F)nc23)N1. The van der Waals surface area contributed by atoms with Crippen LogP contribution in [0.1, 0.15) is 28.8 Å². The number of hydrogen-bond acceptors (Lipinski definition) is 6. The Labute approximate surface area is 174 Å². The summed E-state index contributed by atoms with van der Waals surface area (Å²) >= 11 is 0. The van der Waals surface area contributed by atoms with Gasteiger partial charge < -0.3 is 16.0 Å². The fraction of sp³-hybridized carbons (Fsp3) is 0.150. The number of rotatable bonds is 5. The van der Waals surface area contributed by atoms with Crippen molar-refractivity contribution in [1.82, 2.24) is 25.2 Å². The van der Waals surface area contributed by atoms with E-state index in [1.807, 2.05) is 0 Å². The molecule has 3 aromatic rings. The molecule has 1 aliphatic heterocycles. The topological polar surface area (TPSA) is 130 Å². The van der Waals surface area contributed by atoms with E-state index >= 15 is 0 Å². The summed E-state index contributed by atoms with van der Waals surface area (Å²) in [6.45, 7) is 0. The summed E-state index contributed by atoms with van der Waals surface area (Å²) in [6.07, 6.45) is 4.95. The van der Waals surface area contributed by atoms with Crippen LogP contribution in [0, 0.1) is 5.82 Å². The van der Waals surface area contributed by atoms with Gasteiger partial charge in [0.25, 0.3) is 11.8 Å². The summed E-state index contributed by atoms with van der Waals surface area (Å²) in [6, 6.07) is 6.92. The Morgan fingerprint density at radius 2 is 2.03 bits per heavy atom. The van der Waals surface area contributed by atoms with Gasteiger partial charge in [0.1, 0.15) is 23.1 Å². The van der Waals surface area contributed by atoms with Gasteiger partial charge in [0.2, 0.25) is 0 Å². The molecule has 2 aromatic heterocycles. The number of benzene rings is 1. The Balaban J connectivity index is 1.54. The Morgan fingerprint density at radius 3 is 2.74 bits per heavy atom. The van der Waals surface area contributed by atoms with E-state index in [9.17, 15) is 18.8 Å². The number of carbonyl (C=O) groups is 3. The van der Waals surface area contributed by atoms with Crippen LogP contribution in [0.3, 0.4) is 0 Å². The zero-order valence-corrected chi connectivity index (χ0v) is 16.0. The minimum atomic E-state index is -0.644. The van der Waals surface area contributed by atoms with Gasteiger partial charge in [-0.3, -0.25) is 14.9 Å². The number of amides is 4. The van der Waals surface area contributed by atoms with Gasteiger partial charge in [0.15, 0.2) is 5.65 Å². The second-order valence-electron chi connectivity index (χ2n) is 7.18. The van der Waals surface area contributed by atoms with Crippen LogP contribution in [-0.2, 0) is 4.79 Å². The number of urea groups is 1. The first kappa shape index (κ1) is 18.7. The molecule has 0 radical (unpaired) electrons. The molecule has 2 aliphatic rings. The highest BCUT2D eigenvalue weighted by atomic mass is 19.1. The predicted octanol–water partition coefficient (Wildman–Crippen LogP) is 1.88. The molecule has 4 N–H and O–H groups in total. The highest BCUT2D eigenvalue weighted by Crippen LogP contribution is 2.27. The summed E-state index contributed by atoms with van der Waals surface area (Å²) in [7, 11) is 0. The van der Waals surface area contributed by atoms with E-state index < -0.39 is 23.7 Å². The van der Waals surface area contributed by atoms with Crippen LogP contribution in [0.2, 0.25) is 0 Å². The molecular weight excluding hydrogens is 405 g/mol. The van der Waals surface area contributed by atoms with Gasteiger partial charge in [-0.15, -0.1) is 0 Å². The molecule has 156 valence electrons. The van der Waals surface area contributed by atoms with Crippen LogP contribution in [0.5, 0.6) is 0 Å². The normalized spacial score (nSPS) is 17.0. The van der Waals surface area contributed by atoms with Crippen molar-refractivity contribution in [2.75, 3.05) is 10.6 Å². The Hall–Kier alpha value is -4.28. The number of carbonyl (C=O) groups excluding carboxylic acids is 3. The molecule has 31 heavy (non-hydrogen) atoms. The van der Waals surface area contributed by atoms with Crippen molar-refractivity contribution in [3.05, 3.63) is 59.2 Å². The molecule has 11 heteroatoms. The number of fused-ring (bicyclic) bond motifs is 1. The molecule has 2 fully saturated rings. The Kier molecular flexibility index (Phi) is 4.35. The lowest BCUT2D eigenvalue weighted by molar-refractivity contribution is -0.115. The molecule has 1 saturated carbocycles. The number of aromatic nitrogens is 3. The molecule has 1 aromatic carbocycles. The van der Waals surface area contributed by atoms with Crippen molar-refractivity contribution >= 4 is 41.2 Å². The maximum atomic E-state index is 14.0. The van der Waals surface area contributed by atoms with Crippen molar-refractivity contribution in [3.63, 3.8) is 0 Å². The first-order chi connectivity index (χ1) is 15.0. The average molecular weight is 421 g/mol. The average Bonchev–Trinajstić information content (AvgIpc) is 3.37. The number of imide groups is 1. The quantitative estimate of drug-likeness (QED) is 0.368. The van der Waals surface area contributed by atoms with E-state index in [0.717, 1.165) is 12.8 Å². The van der Waals surface area contributed by atoms with E-state index in [-0.39, 0.29) is 23.1 Å². The van der Waals surface area contributed by atoms with Crippen molar-refractivity contribution in [1.29, 1.82) is 0 Å². The number of anilines is 2. The molecule has 10 nitrogen and oxygen atoms in total. The smallest absolute Gasteiger partial charge is 0.326 e. The molecule has 0 unspecified atom stereocenters.